The van der Waals surface area contributed by atoms with Gasteiger partial charge in [0.2, 0.25) is 0 Å². The van der Waals surface area contributed by atoms with E-state index in [0.29, 0.717) is 0 Å². The topological polar surface area (TPSA) is 38.3 Å². The number of carbonyl (C=O) groups is 1. The van der Waals surface area contributed by atoms with Crippen molar-refractivity contribution < 1.29 is 18.3 Å². The smallest absolute Gasteiger partial charge is 0.327 e. The summed E-state index contributed by atoms with van der Waals surface area (Å²) in [6.07, 6.45) is 5.29. The quantitative estimate of drug-likeness (QED) is 0.863. The number of carbonyl (C=O) groups excluding carboxylic acids is 1. The maximum atomic E-state index is 13.9. The number of ether oxygens (including phenoxy) is 1. The predicted molar refractivity (Wildman–Crippen MR) is 71.1 cm³/mol. The van der Waals surface area contributed by atoms with Crippen molar-refractivity contribution in [3.63, 3.8) is 0 Å². The molecule has 1 aliphatic carbocycles. The summed E-state index contributed by atoms with van der Waals surface area (Å²) in [5.41, 5.74) is 0.129. The van der Waals surface area contributed by atoms with E-state index < -0.39 is 23.6 Å². The van der Waals surface area contributed by atoms with Gasteiger partial charge in [-0.05, 0) is 18.9 Å². The lowest BCUT2D eigenvalue weighted by atomic mass is 9.94. The summed E-state index contributed by atoms with van der Waals surface area (Å²) in [5.74, 6) is -1.95. The highest BCUT2D eigenvalue weighted by Crippen LogP contribution is 2.24. The number of esters is 1. The van der Waals surface area contributed by atoms with Crippen LogP contribution < -0.4 is 5.32 Å². The van der Waals surface area contributed by atoms with Crippen molar-refractivity contribution in [2.75, 3.05) is 7.11 Å². The highest BCUT2D eigenvalue weighted by Gasteiger charge is 2.28. The van der Waals surface area contributed by atoms with E-state index in [1.807, 2.05) is 0 Å². The van der Waals surface area contributed by atoms with E-state index >= 15 is 0 Å². The molecule has 0 heterocycles. The zero-order chi connectivity index (χ0) is 14.5. The Morgan fingerprint density at radius 2 is 2.00 bits per heavy atom. The third-order valence-corrected chi connectivity index (χ3v) is 3.72. The molecule has 110 valence electrons. The molecule has 0 bridgehead atoms. The van der Waals surface area contributed by atoms with E-state index in [1.165, 1.54) is 19.6 Å². The van der Waals surface area contributed by atoms with Gasteiger partial charge in [0.25, 0.3) is 0 Å². The monoisotopic (exact) mass is 283 g/mol. The predicted octanol–water partition coefficient (Wildman–Crippen LogP) is 3.10. The largest absolute Gasteiger partial charge is 0.468 e. The lowest BCUT2D eigenvalue weighted by molar-refractivity contribution is -0.143. The van der Waals surface area contributed by atoms with Gasteiger partial charge in [-0.3, -0.25) is 5.32 Å². The summed E-state index contributed by atoms with van der Waals surface area (Å²) in [5, 5.41) is 3.15. The van der Waals surface area contributed by atoms with Crippen molar-refractivity contribution in [1.82, 2.24) is 5.32 Å². The standard InChI is InChI=1S/C15H19F2NO2/c1-20-15(19)14(18-11-5-3-2-4-6-11)12-8-7-10(16)9-13(12)17/h7-9,11,14,18H,2-6H2,1H3. The SMILES string of the molecule is COC(=O)C(NC1CCCCC1)c1ccc(F)cc1F. The van der Waals surface area contributed by atoms with Crippen molar-refractivity contribution >= 4 is 5.97 Å². The first-order valence-electron chi connectivity index (χ1n) is 6.90. The summed E-state index contributed by atoms with van der Waals surface area (Å²) in [7, 11) is 1.26. The van der Waals surface area contributed by atoms with Gasteiger partial charge in [-0.2, -0.15) is 0 Å². The molecular weight excluding hydrogens is 264 g/mol. The Balaban J connectivity index is 2.20. The van der Waals surface area contributed by atoms with Crippen LogP contribution >= 0.6 is 0 Å². The van der Waals surface area contributed by atoms with Crippen LogP contribution in [0.1, 0.15) is 43.7 Å². The van der Waals surface area contributed by atoms with Gasteiger partial charge in [-0.15, -0.1) is 0 Å². The van der Waals surface area contributed by atoms with Gasteiger partial charge in [-0.25, -0.2) is 13.6 Å². The fourth-order valence-corrected chi connectivity index (χ4v) is 2.64. The van der Waals surface area contributed by atoms with Crippen LogP contribution in [0.25, 0.3) is 0 Å². The molecule has 20 heavy (non-hydrogen) atoms. The Morgan fingerprint density at radius 3 is 2.60 bits per heavy atom. The first-order valence-corrected chi connectivity index (χ1v) is 6.90. The molecule has 1 aromatic carbocycles. The minimum absolute atomic E-state index is 0.129. The number of hydrogen-bond acceptors (Lipinski definition) is 3. The lowest BCUT2D eigenvalue weighted by Crippen LogP contribution is -2.39. The normalized spacial score (nSPS) is 17.8. The van der Waals surface area contributed by atoms with E-state index in [-0.39, 0.29) is 11.6 Å². The summed E-state index contributed by atoms with van der Waals surface area (Å²) in [6, 6.07) is 2.51. The van der Waals surface area contributed by atoms with E-state index in [0.717, 1.165) is 37.8 Å². The fraction of sp³-hybridized carbons (Fsp3) is 0.533. The maximum Gasteiger partial charge on any atom is 0.327 e. The van der Waals surface area contributed by atoms with Crippen LogP contribution in [-0.4, -0.2) is 19.1 Å². The zero-order valence-corrected chi connectivity index (χ0v) is 11.5. The van der Waals surface area contributed by atoms with Crippen LogP contribution in [0.2, 0.25) is 0 Å². The average Bonchev–Trinajstić information content (AvgIpc) is 2.46. The fourth-order valence-electron chi connectivity index (χ4n) is 2.64. The zero-order valence-electron chi connectivity index (χ0n) is 11.5. The van der Waals surface area contributed by atoms with Crippen LogP contribution in [-0.2, 0) is 9.53 Å². The third-order valence-electron chi connectivity index (χ3n) is 3.72. The first-order chi connectivity index (χ1) is 9.61. The molecule has 1 aromatic rings. The molecule has 0 spiro atoms. The molecule has 5 heteroatoms. The molecule has 1 saturated carbocycles. The molecule has 0 aromatic heterocycles. The molecule has 1 aliphatic rings. The second-order valence-electron chi connectivity index (χ2n) is 5.12. The van der Waals surface area contributed by atoms with Crippen LogP contribution in [0.15, 0.2) is 18.2 Å². The molecule has 1 fully saturated rings. The van der Waals surface area contributed by atoms with Crippen LogP contribution in [0, 0.1) is 11.6 Å². The second kappa shape index (κ2) is 6.79. The van der Waals surface area contributed by atoms with Gasteiger partial charge in [-0.1, -0.05) is 25.3 Å². The summed E-state index contributed by atoms with van der Waals surface area (Å²) in [4.78, 5) is 11.9. The maximum absolute atomic E-state index is 13.9. The molecular formula is C15H19F2NO2. The Bertz CT molecular complexity index is 473. The first kappa shape index (κ1) is 14.9. The minimum atomic E-state index is -0.885. The van der Waals surface area contributed by atoms with E-state index in [2.05, 4.69) is 5.32 Å². The lowest BCUT2D eigenvalue weighted by Gasteiger charge is -2.27. The Morgan fingerprint density at radius 1 is 1.30 bits per heavy atom. The number of nitrogens with one attached hydrogen (secondary N) is 1. The minimum Gasteiger partial charge on any atom is -0.468 e. The molecule has 1 atom stereocenters. The van der Waals surface area contributed by atoms with Crippen molar-refractivity contribution in [2.45, 2.75) is 44.2 Å². The number of halogens is 2. The molecule has 0 amide bonds. The number of methoxy groups -OCH3 is 1. The molecule has 1 N–H and O–H groups in total. The van der Waals surface area contributed by atoms with E-state index in [4.69, 9.17) is 4.74 Å². The van der Waals surface area contributed by atoms with Crippen LogP contribution in [0.3, 0.4) is 0 Å². The Hall–Kier alpha value is -1.49. The molecule has 0 saturated heterocycles. The summed E-state index contributed by atoms with van der Waals surface area (Å²) in [6.45, 7) is 0. The second-order valence-corrected chi connectivity index (χ2v) is 5.12. The summed E-state index contributed by atoms with van der Waals surface area (Å²) >= 11 is 0. The molecule has 1 unspecified atom stereocenters. The number of rotatable bonds is 4. The average molecular weight is 283 g/mol. The van der Waals surface area contributed by atoms with Crippen LogP contribution in [0.5, 0.6) is 0 Å². The molecule has 0 radical (unpaired) electrons. The molecule has 2 rings (SSSR count). The summed E-state index contributed by atoms with van der Waals surface area (Å²) < 4.78 is 31.6. The van der Waals surface area contributed by atoms with Gasteiger partial charge in [0.15, 0.2) is 0 Å². The third kappa shape index (κ3) is 3.54. The van der Waals surface area contributed by atoms with Crippen molar-refractivity contribution in [1.29, 1.82) is 0 Å². The van der Waals surface area contributed by atoms with Gasteiger partial charge in [0, 0.05) is 17.7 Å². The van der Waals surface area contributed by atoms with Crippen molar-refractivity contribution in [3.05, 3.63) is 35.4 Å². The highest BCUT2D eigenvalue weighted by molar-refractivity contribution is 5.77. The number of hydrogen-bond donors (Lipinski definition) is 1. The van der Waals surface area contributed by atoms with Crippen LogP contribution in [0.4, 0.5) is 8.78 Å². The molecule has 0 aliphatic heterocycles. The van der Waals surface area contributed by atoms with Gasteiger partial charge in [0.05, 0.1) is 7.11 Å². The van der Waals surface area contributed by atoms with Gasteiger partial charge < -0.3 is 4.74 Å². The van der Waals surface area contributed by atoms with E-state index in [9.17, 15) is 13.6 Å². The molecule has 3 nitrogen and oxygen atoms in total. The van der Waals surface area contributed by atoms with Gasteiger partial charge >= 0.3 is 5.97 Å². The van der Waals surface area contributed by atoms with E-state index in [1.54, 1.807) is 0 Å². The van der Waals surface area contributed by atoms with Crippen molar-refractivity contribution in [3.8, 4) is 0 Å². The van der Waals surface area contributed by atoms with Gasteiger partial charge in [0.1, 0.15) is 17.7 Å². The Labute approximate surface area is 117 Å². The van der Waals surface area contributed by atoms with Crippen molar-refractivity contribution in [2.24, 2.45) is 0 Å². The highest BCUT2D eigenvalue weighted by atomic mass is 19.1. The Kier molecular flexibility index (Phi) is 5.06. The number of benzene rings is 1.